The summed E-state index contributed by atoms with van der Waals surface area (Å²) >= 11 is 0. The molecule has 0 saturated carbocycles. The van der Waals surface area contributed by atoms with Gasteiger partial charge in [0.1, 0.15) is 0 Å². The van der Waals surface area contributed by atoms with Crippen molar-refractivity contribution in [3.63, 3.8) is 0 Å². The van der Waals surface area contributed by atoms with Gasteiger partial charge in [0.25, 0.3) is 0 Å². The highest BCUT2D eigenvalue weighted by Crippen LogP contribution is 2.16. The van der Waals surface area contributed by atoms with Crippen molar-refractivity contribution in [2.75, 3.05) is 26.2 Å². The standard InChI is InChI=1S/C9H15N3O/c1-7(2)11-3-4-12-8(6-11)5-10-9(12)13/h8H,1,3-6H2,2H3,(H,10,13)/t8-/m1/s1. The monoisotopic (exact) mass is 181 g/mol. The van der Waals surface area contributed by atoms with Crippen LogP contribution in [-0.2, 0) is 0 Å². The van der Waals surface area contributed by atoms with Crippen LogP contribution < -0.4 is 5.32 Å². The number of rotatable bonds is 1. The van der Waals surface area contributed by atoms with Gasteiger partial charge in [0.05, 0.1) is 6.04 Å². The summed E-state index contributed by atoms with van der Waals surface area (Å²) in [6.45, 7) is 9.37. The molecule has 2 heterocycles. The molecule has 0 aromatic rings. The van der Waals surface area contributed by atoms with Crippen LogP contribution in [0, 0.1) is 0 Å². The van der Waals surface area contributed by atoms with Crippen molar-refractivity contribution < 1.29 is 4.79 Å². The zero-order valence-corrected chi connectivity index (χ0v) is 7.92. The lowest BCUT2D eigenvalue weighted by Crippen LogP contribution is -2.51. The first-order valence-electron chi connectivity index (χ1n) is 4.63. The van der Waals surface area contributed by atoms with Crippen molar-refractivity contribution in [3.8, 4) is 0 Å². The molecule has 1 atom stereocenters. The van der Waals surface area contributed by atoms with E-state index in [-0.39, 0.29) is 6.03 Å². The minimum absolute atomic E-state index is 0.0892. The second-order valence-corrected chi connectivity index (χ2v) is 3.71. The van der Waals surface area contributed by atoms with Gasteiger partial charge in [-0.15, -0.1) is 0 Å². The Hall–Kier alpha value is -1.19. The molecule has 0 aromatic heterocycles. The Morgan fingerprint density at radius 3 is 3.08 bits per heavy atom. The molecule has 2 saturated heterocycles. The molecule has 0 spiro atoms. The zero-order chi connectivity index (χ0) is 9.42. The number of hydrogen-bond acceptors (Lipinski definition) is 2. The molecule has 2 aliphatic heterocycles. The van der Waals surface area contributed by atoms with Crippen LogP contribution in [0.25, 0.3) is 0 Å². The van der Waals surface area contributed by atoms with Crippen LogP contribution in [0.5, 0.6) is 0 Å². The third kappa shape index (κ3) is 1.36. The summed E-state index contributed by atoms with van der Waals surface area (Å²) < 4.78 is 0. The summed E-state index contributed by atoms with van der Waals surface area (Å²) in [6.07, 6.45) is 0. The maximum atomic E-state index is 11.3. The van der Waals surface area contributed by atoms with Gasteiger partial charge in [-0.3, -0.25) is 0 Å². The minimum atomic E-state index is 0.0892. The minimum Gasteiger partial charge on any atom is -0.372 e. The maximum absolute atomic E-state index is 11.3. The Morgan fingerprint density at radius 1 is 1.62 bits per heavy atom. The number of nitrogens with one attached hydrogen (secondary N) is 1. The lowest BCUT2D eigenvalue weighted by molar-refractivity contribution is 0.144. The van der Waals surface area contributed by atoms with Crippen molar-refractivity contribution in [2.45, 2.75) is 13.0 Å². The number of carbonyl (C=O) groups excluding carboxylic acids is 1. The first-order valence-corrected chi connectivity index (χ1v) is 4.63. The largest absolute Gasteiger partial charge is 0.372 e. The van der Waals surface area contributed by atoms with Crippen molar-refractivity contribution in [3.05, 3.63) is 12.3 Å². The van der Waals surface area contributed by atoms with Gasteiger partial charge in [-0.05, 0) is 6.92 Å². The third-order valence-corrected chi connectivity index (χ3v) is 2.77. The molecule has 2 fully saturated rings. The van der Waals surface area contributed by atoms with E-state index in [9.17, 15) is 4.79 Å². The van der Waals surface area contributed by atoms with E-state index in [0.717, 1.165) is 31.9 Å². The van der Waals surface area contributed by atoms with Crippen LogP contribution in [0.4, 0.5) is 4.79 Å². The molecule has 4 heteroatoms. The molecule has 13 heavy (non-hydrogen) atoms. The number of hydrogen-bond donors (Lipinski definition) is 1. The number of amides is 2. The summed E-state index contributed by atoms with van der Waals surface area (Å²) in [5.74, 6) is 0. The maximum Gasteiger partial charge on any atom is 0.317 e. The highest BCUT2D eigenvalue weighted by atomic mass is 16.2. The summed E-state index contributed by atoms with van der Waals surface area (Å²) in [5, 5.41) is 2.85. The van der Waals surface area contributed by atoms with E-state index in [4.69, 9.17) is 0 Å². The third-order valence-electron chi connectivity index (χ3n) is 2.77. The van der Waals surface area contributed by atoms with Crippen molar-refractivity contribution in [1.29, 1.82) is 0 Å². The molecule has 2 amide bonds. The average Bonchev–Trinajstić information content (AvgIpc) is 2.47. The van der Waals surface area contributed by atoms with Gasteiger partial charge in [-0.25, -0.2) is 4.79 Å². The lowest BCUT2D eigenvalue weighted by Gasteiger charge is -2.37. The number of fused-ring (bicyclic) bond motifs is 1. The number of allylic oxidation sites excluding steroid dienone is 1. The molecule has 4 nitrogen and oxygen atoms in total. The van der Waals surface area contributed by atoms with E-state index >= 15 is 0 Å². The van der Waals surface area contributed by atoms with E-state index in [1.807, 2.05) is 11.8 Å². The Morgan fingerprint density at radius 2 is 2.38 bits per heavy atom. The first-order chi connectivity index (χ1) is 6.18. The molecule has 0 unspecified atom stereocenters. The summed E-state index contributed by atoms with van der Waals surface area (Å²) in [5.41, 5.74) is 1.10. The SMILES string of the molecule is C=C(C)N1CCN2C(=O)NC[C@@H]2C1. The van der Waals surface area contributed by atoms with E-state index < -0.39 is 0 Å². The molecular formula is C9H15N3O. The normalized spacial score (nSPS) is 27.2. The number of urea groups is 1. The molecule has 0 aliphatic carbocycles. The van der Waals surface area contributed by atoms with Crippen molar-refractivity contribution in [2.24, 2.45) is 0 Å². The van der Waals surface area contributed by atoms with E-state index in [1.165, 1.54) is 0 Å². The molecule has 0 bridgehead atoms. The van der Waals surface area contributed by atoms with Gasteiger partial charge in [-0.1, -0.05) is 6.58 Å². The topological polar surface area (TPSA) is 35.6 Å². The molecule has 1 N–H and O–H groups in total. The summed E-state index contributed by atoms with van der Waals surface area (Å²) in [7, 11) is 0. The predicted octanol–water partition coefficient (Wildman–Crippen LogP) is 0.229. The Labute approximate surface area is 78.2 Å². The lowest BCUT2D eigenvalue weighted by atomic mass is 10.2. The van der Waals surface area contributed by atoms with Crippen molar-refractivity contribution >= 4 is 6.03 Å². The number of piperazine rings is 1. The van der Waals surface area contributed by atoms with Gasteiger partial charge >= 0.3 is 6.03 Å². The second kappa shape index (κ2) is 2.94. The molecule has 72 valence electrons. The van der Waals surface area contributed by atoms with Crippen LogP contribution in [0.1, 0.15) is 6.92 Å². The number of carbonyl (C=O) groups is 1. The Balaban J connectivity index is 2.03. The van der Waals surface area contributed by atoms with E-state index in [0.29, 0.717) is 6.04 Å². The summed E-state index contributed by atoms with van der Waals surface area (Å²) in [4.78, 5) is 15.4. The van der Waals surface area contributed by atoms with Gasteiger partial charge < -0.3 is 15.1 Å². The Bertz CT molecular complexity index is 251. The molecule has 0 aromatic carbocycles. The van der Waals surface area contributed by atoms with Gasteiger partial charge in [0.15, 0.2) is 0 Å². The first kappa shape index (κ1) is 8.41. The van der Waals surface area contributed by atoms with Crippen LogP contribution in [0.3, 0.4) is 0 Å². The van der Waals surface area contributed by atoms with E-state index in [1.54, 1.807) is 0 Å². The zero-order valence-electron chi connectivity index (χ0n) is 7.92. The molecule has 2 rings (SSSR count). The van der Waals surface area contributed by atoms with Gasteiger partial charge in [0.2, 0.25) is 0 Å². The van der Waals surface area contributed by atoms with Gasteiger partial charge in [-0.2, -0.15) is 0 Å². The van der Waals surface area contributed by atoms with Crippen LogP contribution in [0.15, 0.2) is 12.3 Å². The molecule has 0 radical (unpaired) electrons. The Kier molecular flexibility index (Phi) is 1.90. The summed E-state index contributed by atoms with van der Waals surface area (Å²) in [6, 6.07) is 0.435. The van der Waals surface area contributed by atoms with Crippen LogP contribution >= 0.6 is 0 Å². The highest BCUT2D eigenvalue weighted by molar-refractivity contribution is 5.77. The number of nitrogens with zero attached hydrogens (tertiary/aromatic N) is 2. The van der Waals surface area contributed by atoms with Crippen molar-refractivity contribution in [1.82, 2.24) is 15.1 Å². The predicted molar refractivity (Wildman–Crippen MR) is 50.3 cm³/mol. The van der Waals surface area contributed by atoms with Crippen LogP contribution in [0.2, 0.25) is 0 Å². The van der Waals surface area contributed by atoms with E-state index in [2.05, 4.69) is 16.8 Å². The fourth-order valence-corrected chi connectivity index (χ4v) is 1.95. The smallest absolute Gasteiger partial charge is 0.317 e. The fraction of sp³-hybridized carbons (Fsp3) is 0.667. The quantitative estimate of drug-likeness (QED) is 0.628. The fourth-order valence-electron chi connectivity index (χ4n) is 1.95. The highest BCUT2D eigenvalue weighted by Gasteiger charge is 2.34. The molecule has 2 aliphatic rings. The molecular weight excluding hydrogens is 166 g/mol. The second-order valence-electron chi connectivity index (χ2n) is 3.71. The average molecular weight is 181 g/mol. The van der Waals surface area contributed by atoms with Crippen LogP contribution in [-0.4, -0.2) is 48.1 Å². The van der Waals surface area contributed by atoms with Gasteiger partial charge in [0, 0.05) is 31.9 Å².